The highest BCUT2D eigenvalue weighted by Crippen LogP contribution is 2.34. The Hall–Kier alpha value is -1.35. The first-order chi connectivity index (χ1) is 7.93. The Morgan fingerprint density at radius 1 is 1.59 bits per heavy atom. The molecule has 17 heavy (non-hydrogen) atoms. The molecule has 96 valence electrons. The average molecular weight is 269 g/mol. The van der Waals surface area contributed by atoms with E-state index in [0.29, 0.717) is 24.1 Å². The molecule has 0 aromatic carbocycles. The first-order valence-corrected chi connectivity index (χ1v) is 5.32. The molecular weight excluding hydrogens is 259 g/mol. The molecule has 0 aliphatic rings. The molecular formula is C8H10F3N3O2S. The molecule has 0 aliphatic heterocycles. The monoisotopic (exact) mass is 269 g/mol. The van der Waals surface area contributed by atoms with Crippen molar-refractivity contribution in [2.45, 2.75) is 6.18 Å². The van der Waals surface area contributed by atoms with Gasteiger partial charge in [0.1, 0.15) is 4.88 Å². The van der Waals surface area contributed by atoms with Crippen LogP contribution in [0.3, 0.4) is 0 Å². The van der Waals surface area contributed by atoms with E-state index >= 15 is 0 Å². The maximum atomic E-state index is 12.2. The van der Waals surface area contributed by atoms with E-state index < -0.39 is 17.1 Å². The fraction of sp³-hybridized carbons (Fsp3) is 0.500. The van der Waals surface area contributed by atoms with Gasteiger partial charge in [-0.25, -0.2) is 9.78 Å². The van der Waals surface area contributed by atoms with Crippen molar-refractivity contribution >= 4 is 22.5 Å². The Balaban J connectivity index is 2.46. The number of rotatable bonds is 4. The Morgan fingerprint density at radius 2 is 2.29 bits per heavy atom. The van der Waals surface area contributed by atoms with Crippen LogP contribution in [-0.2, 0) is 10.9 Å². The SMILES string of the molecule is COCCNC(=O)Nc1ncc(C(F)(F)F)s1. The highest BCUT2D eigenvalue weighted by Gasteiger charge is 2.33. The molecule has 1 heterocycles. The molecule has 2 N–H and O–H groups in total. The smallest absolute Gasteiger partial charge is 0.383 e. The summed E-state index contributed by atoms with van der Waals surface area (Å²) >= 11 is 0.368. The van der Waals surface area contributed by atoms with Gasteiger partial charge in [-0.3, -0.25) is 5.32 Å². The zero-order valence-corrected chi connectivity index (χ0v) is 9.61. The minimum atomic E-state index is -4.44. The number of hydrogen-bond acceptors (Lipinski definition) is 4. The fourth-order valence-electron chi connectivity index (χ4n) is 0.871. The van der Waals surface area contributed by atoms with E-state index in [1.165, 1.54) is 7.11 Å². The maximum Gasteiger partial charge on any atom is 0.427 e. The third-order valence-corrected chi connectivity index (χ3v) is 2.55. The topological polar surface area (TPSA) is 63.2 Å². The van der Waals surface area contributed by atoms with Gasteiger partial charge in [0, 0.05) is 13.7 Å². The van der Waals surface area contributed by atoms with Gasteiger partial charge in [-0.2, -0.15) is 13.2 Å². The summed E-state index contributed by atoms with van der Waals surface area (Å²) in [6.07, 6.45) is -3.76. The van der Waals surface area contributed by atoms with Crippen molar-refractivity contribution in [2.24, 2.45) is 0 Å². The van der Waals surface area contributed by atoms with E-state index in [1.807, 2.05) is 0 Å². The van der Waals surface area contributed by atoms with Gasteiger partial charge in [0.05, 0.1) is 12.8 Å². The lowest BCUT2D eigenvalue weighted by atomic mass is 10.5. The summed E-state index contributed by atoms with van der Waals surface area (Å²) in [4.78, 5) is 13.7. The van der Waals surface area contributed by atoms with Gasteiger partial charge in [0.25, 0.3) is 0 Å². The third-order valence-electron chi connectivity index (χ3n) is 1.60. The Morgan fingerprint density at radius 3 is 2.82 bits per heavy atom. The number of carbonyl (C=O) groups excluding carboxylic acids is 1. The normalized spacial score (nSPS) is 11.3. The molecule has 1 aromatic rings. The number of alkyl halides is 3. The van der Waals surface area contributed by atoms with Crippen molar-refractivity contribution in [2.75, 3.05) is 25.6 Å². The molecule has 0 saturated heterocycles. The van der Waals surface area contributed by atoms with Gasteiger partial charge in [0.15, 0.2) is 5.13 Å². The lowest BCUT2D eigenvalue weighted by Crippen LogP contribution is -2.31. The van der Waals surface area contributed by atoms with E-state index in [0.717, 1.165) is 0 Å². The van der Waals surface area contributed by atoms with E-state index in [-0.39, 0.29) is 11.7 Å². The highest BCUT2D eigenvalue weighted by atomic mass is 32.1. The van der Waals surface area contributed by atoms with Crippen LogP contribution < -0.4 is 10.6 Å². The number of nitrogens with one attached hydrogen (secondary N) is 2. The number of ether oxygens (including phenoxy) is 1. The average Bonchev–Trinajstić information content (AvgIpc) is 2.66. The molecule has 0 aliphatic carbocycles. The molecule has 1 aromatic heterocycles. The van der Waals surface area contributed by atoms with Crippen molar-refractivity contribution < 1.29 is 22.7 Å². The first-order valence-electron chi connectivity index (χ1n) is 4.50. The molecule has 0 bridgehead atoms. The quantitative estimate of drug-likeness (QED) is 0.821. The molecule has 0 radical (unpaired) electrons. The van der Waals surface area contributed by atoms with Gasteiger partial charge in [-0.15, -0.1) is 0 Å². The Kier molecular flexibility index (Phi) is 4.70. The summed E-state index contributed by atoms with van der Waals surface area (Å²) in [6.45, 7) is 0.582. The summed E-state index contributed by atoms with van der Waals surface area (Å²) in [5, 5.41) is 4.48. The number of anilines is 1. The predicted molar refractivity (Wildman–Crippen MR) is 56.0 cm³/mol. The van der Waals surface area contributed by atoms with Crippen molar-refractivity contribution in [3.05, 3.63) is 11.1 Å². The van der Waals surface area contributed by atoms with Crippen molar-refractivity contribution in [1.29, 1.82) is 0 Å². The zero-order valence-electron chi connectivity index (χ0n) is 8.80. The summed E-state index contributed by atoms with van der Waals surface area (Å²) in [5.41, 5.74) is 0. The number of nitrogens with zero attached hydrogens (tertiary/aromatic N) is 1. The summed E-state index contributed by atoms with van der Waals surface area (Å²) in [6, 6.07) is -0.620. The second kappa shape index (κ2) is 5.82. The van der Waals surface area contributed by atoms with Crippen molar-refractivity contribution in [1.82, 2.24) is 10.3 Å². The minimum Gasteiger partial charge on any atom is -0.383 e. The summed E-state index contributed by atoms with van der Waals surface area (Å²) in [7, 11) is 1.47. The number of urea groups is 1. The van der Waals surface area contributed by atoms with E-state index in [2.05, 4.69) is 20.4 Å². The molecule has 0 unspecified atom stereocenters. The fourth-order valence-corrected chi connectivity index (χ4v) is 1.55. The van der Waals surface area contributed by atoms with Crippen LogP contribution in [0, 0.1) is 0 Å². The van der Waals surface area contributed by atoms with E-state index in [9.17, 15) is 18.0 Å². The lowest BCUT2D eigenvalue weighted by Gasteiger charge is -2.04. The Bertz CT molecular complexity index is 380. The summed E-state index contributed by atoms with van der Waals surface area (Å²) in [5.74, 6) is 0. The van der Waals surface area contributed by atoms with Gasteiger partial charge in [0.2, 0.25) is 0 Å². The number of methoxy groups -OCH3 is 1. The summed E-state index contributed by atoms with van der Waals surface area (Å²) < 4.78 is 41.3. The van der Waals surface area contributed by atoms with E-state index in [4.69, 9.17) is 0 Å². The second-order valence-corrected chi connectivity index (χ2v) is 3.93. The predicted octanol–water partition coefficient (Wildman–Crippen LogP) is 1.93. The van der Waals surface area contributed by atoms with E-state index in [1.54, 1.807) is 0 Å². The van der Waals surface area contributed by atoms with Gasteiger partial charge in [-0.1, -0.05) is 11.3 Å². The molecule has 0 saturated carbocycles. The maximum absolute atomic E-state index is 12.2. The van der Waals surface area contributed by atoms with Crippen LogP contribution >= 0.6 is 11.3 Å². The minimum absolute atomic E-state index is 0.104. The second-order valence-electron chi connectivity index (χ2n) is 2.90. The van der Waals surface area contributed by atoms with Crippen LogP contribution in [0.5, 0.6) is 0 Å². The molecule has 2 amide bonds. The van der Waals surface area contributed by atoms with Gasteiger partial charge >= 0.3 is 12.2 Å². The number of carbonyl (C=O) groups is 1. The van der Waals surface area contributed by atoms with Crippen LogP contribution in [-0.4, -0.2) is 31.3 Å². The van der Waals surface area contributed by atoms with Crippen LogP contribution in [0.15, 0.2) is 6.20 Å². The first kappa shape index (κ1) is 13.7. The molecule has 5 nitrogen and oxygen atoms in total. The highest BCUT2D eigenvalue weighted by molar-refractivity contribution is 7.15. The Labute approximate surface area is 99.0 Å². The van der Waals surface area contributed by atoms with Crippen molar-refractivity contribution in [3.8, 4) is 0 Å². The molecule has 1 rings (SSSR count). The molecule has 0 atom stereocenters. The number of thiazole rings is 1. The van der Waals surface area contributed by atoms with Crippen LogP contribution in [0.4, 0.5) is 23.1 Å². The van der Waals surface area contributed by atoms with Gasteiger partial charge < -0.3 is 10.1 Å². The molecule has 0 fully saturated rings. The van der Waals surface area contributed by atoms with Gasteiger partial charge in [-0.05, 0) is 0 Å². The number of amides is 2. The number of aromatic nitrogens is 1. The molecule has 0 spiro atoms. The van der Waals surface area contributed by atoms with Crippen LogP contribution in [0.2, 0.25) is 0 Å². The van der Waals surface area contributed by atoms with Crippen LogP contribution in [0.25, 0.3) is 0 Å². The van der Waals surface area contributed by atoms with Crippen molar-refractivity contribution in [3.63, 3.8) is 0 Å². The van der Waals surface area contributed by atoms with Crippen LogP contribution in [0.1, 0.15) is 4.88 Å². The molecule has 9 heteroatoms. The zero-order chi connectivity index (χ0) is 12.9. The lowest BCUT2D eigenvalue weighted by molar-refractivity contribution is -0.134. The standard InChI is InChI=1S/C8H10F3N3O2S/c1-16-3-2-12-6(15)14-7-13-4-5(17-7)8(9,10)11/h4H,2-3H2,1H3,(H2,12,13,14,15). The number of halogens is 3. The largest absolute Gasteiger partial charge is 0.427 e. The number of hydrogen-bond donors (Lipinski definition) is 2. The third kappa shape index (κ3) is 4.57.